The molecule has 2 aliphatic rings. The third kappa shape index (κ3) is 7.42. The summed E-state index contributed by atoms with van der Waals surface area (Å²) in [5.41, 5.74) is 3.98. The molecule has 2 bridgehead atoms. The van der Waals surface area contributed by atoms with Crippen LogP contribution in [0.3, 0.4) is 0 Å². The number of hydrogen-bond donors (Lipinski definition) is 4. The minimum atomic E-state index is -0.673. The smallest absolute Gasteiger partial charge is 0.407 e. The first-order valence-electron chi connectivity index (χ1n) is 18.5. The normalized spacial score (nSPS) is 18.2. The van der Waals surface area contributed by atoms with Gasteiger partial charge in [0.25, 0.3) is 0 Å². The molecule has 0 spiro atoms. The van der Waals surface area contributed by atoms with E-state index in [0.29, 0.717) is 28.5 Å². The second kappa shape index (κ2) is 15.4. The van der Waals surface area contributed by atoms with Crippen molar-refractivity contribution in [1.29, 1.82) is 0 Å². The highest BCUT2D eigenvalue weighted by Crippen LogP contribution is 2.49. The Labute approximate surface area is 317 Å². The number of amides is 4. The Morgan fingerprint density at radius 2 is 1.67 bits per heavy atom. The van der Waals surface area contributed by atoms with Gasteiger partial charge in [-0.2, -0.15) is 0 Å². The monoisotopic (exact) mass is 752 g/mol. The molecule has 0 unspecified atom stereocenters. The lowest BCUT2D eigenvalue weighted by Crippen LogP contribution is -2.46. The van der Waals surface area contributed by atoms with Gasteiger partial charge in [0, 0.05) is 23.0 Å². The third-order valence-electron chi connectivity index (χ3n) is 11.1. The number of aromatic amines is 2. The zero-order valence-electron chi connectivity index (χ0n) is 31.4. The molecule has 15 heteroatoms. The van der Waals surface area contributed by atoms with Gasteiger partial charge in [0.1, 0.15) is 30.6 Å². The van der Waals surface area contributed by atoms with Gasteiger partial charge in [0.15, 0.2) is 0 Å². The van der Waals surface area contributed by atoms with Crippen molar-refractivity contribution in [2.45, 2.75) is 64.7 Å². The standard InChI is InChI=1S/C40H45FN8O6/c1-21(2)22(3)48(34(50)18-43-39(52)54-4)20-33-45-31-13-9-25-14-23(7-11-28(25)36(31)47-33)24-8-12-29(30(41)16-24)32-17-42-38(46-32)37-26-6-10-27(15-26)49(37)35(51)19-44-40(53)55-5/h7-9,11-14,16-17,21-22,26-27,37H,6,10,15,18-20H2,1-5H3,(H,42,46)(H,43,52)(H,44,53)(H,45,47)/t22-,26+,27-,37+/m1/s1. The molecule has 1 aliphatic carbocycles. The summed E-state index contributed by atoms with van der Waals surface area (Å²) < 4.78 is 25.1. The Kier molecular flexibility index (Phi) is 10.5. The van der Waals surface area contributed by atoms with Gasteiger partial charge in [-0.05, 0) is 78.8 Å². The molecule has 14 nitrogen and oxygen atoms in total. The molecule has 1 aliphatic heterocycles. The van der Waals surface area contributed by atoms with Crippen molar-refractivity contribution in [3.8, 4) is 22.4 Å². The van der Waals surface area contributed by atoms with Crippen LogP contribution in [-0.2, 0) is 25.6 Å². The highest BCUT2D eigenvalue weighted by molar-refractivity contribution is 6.05. The SMILES string of the molecule is COC(=O)NCC(=O)N(Cc1nc2c(ccc3cc(-c4ccc(-c5cnc([C@@H]6[C@H]7CC[C@H](C7)N6C(=O)CNC(=O)OC)[nH]5)c(F)c4)ccc32)[nH]1)[C@H](C)C(C)C. The van der Waals surface area contributed by atoms with E-state index in [-0.39, 0.29) is 61.4 Å². The van der Waals surface area contributed by atoms with Crippen molar-refractivity contribution in [2.24, 2.45) is 11.8 Å². The van der Waals surface area contributed by atoms with Crippen molar-refractivity contribution in [3.05, 3.63) is 72.2 Å². The van der Waals surface area contributed by atoms with Crippen molar-refractivity contribution in [3.63, 3.8) is 0 Å². The number of aromatic nitrogens is 4. The van der Waals surface area contributed by atoms with Gasteiger partial charge in [-0.3, -0.25) is 9.59 Å². The number of methoxy groups -OCH3 is 2. The van der Waals surface area contributed by atoms with Crippen LogP contribution in [-0.4, -0.2) is 93.1 Å². The first-order valence-corrected chi connectivity index (χ1v) is 18.5. The second-order valence-electron chi connectivity index (χ2n) is 14.6. The first-order chi connectivity index (χ1) is 26.4. The lowest BCUT2D eigenvalue weighted by atomic mass is 9.98. The number of hydrogen-bond acceptors (Lipinski definition) is 8. The van der Waals surface area contributed by atoms with Crippen LogP contribution < -0.4 is 10.6 Å². The predicted octanol–water partition coefficient (Wildman–Crippen LogP) is 6.05. The van der Waals surface area contributed by atoms with E-state index in [4.69, 9.17) is 4.98 Å². The van der Waals surface area contributed by atoms with E-state index in [2.05, 4.69) is 35.1 Å². The van der Waals surface area contributed by atoms with Gasteiger partial charge < -0.3 is 39.9 Å². The number of carbonyl (C=O) groups is 4. The van der Waals surface area contributed by atoms with Crippen LogP contribution in [0.2, 0.25) is 0 Å². The quantitative estimate of drug-likeness (QED) is 0.126. The Balaban J connectivity index is 1.09. The fraction of sp³-hybridized carbons (Fsp3) is 0.400. The summed E-state index contributed by atoms with van der Waals surface area (Å²) >= 11 is 0. The maximum Gasteiger partial charge on any atom is 0.407 e. The van der Waals surface area contributed by atoms with Crippen molar-refractivity contribution >= 4 is 45.8 Å². The van der Waals surface area contributed by atoms with E-state index in [0.717, 1.165) is 46.6 Å². The van der Waals surface area contributed by atoms with Gasteiger partial charge in [-0.15, -0.1) is 0 Å². The summed E-state index contributed by atoms with van der Waals surface area (Å²) in [5.74, 6) is 0.735. The number of halogens is 1. The number of ether oxygens (including phenoxy) is 2. The van der Waals surface area contributed by atoms with Gasteiger partial charge >= 0.3 is 12.2 Å². The summed E-state index contributed by atoms with van der Waals surface area (Å²) in [6.45, 7) is 5.89. The largest absolute Gasteiger partial charge is 0.453 e. The van der Waals surface area contributed by atoms with E-state index in [1.165, 1.54) is 20.3 Å². The molecule has 2 aromatic heterocycles. The molecule has 288 valence electrons. The topological polar surface area (TPSA) is 175 Å². The molecular weight excluding hydrogens is 707 g/mol. The third-order valence-corrected chi connectivity index (χ3v) is 11.1. The van der Waals surface area contributed by atoms with Crippen molar-refractivity contribution in [2.75, 3.05) is 27.3 Å². The molecule has 5 aromatic rings. The Hall–Kier alpha value is -5.99. The van der Waals surface area contributed by atoms with Crippen LogP contribution in [0.25, 0.3) is 44.2 Å². The molecule has 4 N–H and O–H groups in total. The number of likely N-dealkylation sites (tertiary alicyclic amines) is 1. The number of piperidine rings is 1. The average Bonchev–Trinajstić information content (AvgIpc) is 4.01. The number of fused-ring (bicyclic) bond motifs is 5. The van der Waals surface area contributed by atoms with Crippen molar-refractivity contribution < 1.29 is 33.0 Å². The second-order valence-corrected chi connectivity index (χ2v) is 14.6. The summed E-state index contributed by atoms with van der Waals surface area (Å²) in [7, 11) is 2.50. The van der Waals surface area contributed by atoms with E-state index in [1.807, 2.05) is 57.2 Å². The van der Waals surface area contributed by atoms with Crippen LogP contribution in [0, 0.1) is 17.7 Å². The maximum absolute atomic E-state index is 15.8. The van der Waals surface area contributed by atoms with Gasteiger partial charge in [-0.25, -0.2) is 23.9 Å². The minimum Gasteiger partial charge on any atom is -0.453 e. The summed E-state index contributed by atoms with van der Waals surface area (Å²) in [4.78, 5) is 69.1. The van der Waals surface area contributed by atoms with E-state index in [9.17, 15) is 19.2 Å². The van der Waals surface area contributed by atoms with Gasteiger partial charge in [-0.1, -0.05) is 38.1 Å². The van der Waals surface area contributed by atoms with Crippen LogP contribution in [0.5, 0.6) is 0 Å². The van der Waals surface area contributed by atoms with Crippen LogP contribution in [0.1, 0.15) is 57.7 Å². The number of nitrogens with one attached hydrogen (secondary N) is 4. The zero-order chi connectivity index (χ0) is 39.0. The molecule has 1 saturated heterocycles. The summed E-state index contributed by atoms with van der Waals surface area (Å²) in [6, 6.07) is 14.6. The summed E-state index contributed by atoms with van der Waals surface area (Å²) in [6.07, 6.45) is 2.99. The van der Waals surface area contributed by atoms with Crippen molar-refractivity contribution in [1.82, 2.24) is 40.4 Å². The molecule has 4 atom stereocenters. The lowest BCUT2D eigenvalue weighted by Gasteiger charge is -2.34. The van der Waals surface area contributed by atoms with E-state index in [1.54, 1.807) is 22.1 Å². The van der Waals surface area contributed by atoms with E-state index < -0.39 is 18.0 Å². The Morgan fingerprint density at radius 3 is 2.40 bits per heavy atom. The number of alkyl carbamates (subject to hydrolysis) is 2. The Bertz CT molecular complexity index is 2270. The molecular formula is C40H45FN8O6. The molecule has 7 rings (SSSR count). The molecule has 3 aromatic carbocycles. The molecule has 0 radical (unpaired) electrons. The van der Waals surface area contributed by atoms with Crippen LogP contribution in [0.4, 0.5) is 14.0 Å². The zero-order valence-corrected chi connectivity index (χ0v) is 31.4. The lowest BCUT2D eigenvalue weighted by molar-refractivity contribution is -0.135. The predicted molar refractivity (Wildman–Crippen MR) is 203 cm³/mol. The fourth-order valence-corrected chi connectivity index (χ4v) is 7.96. The van der Waals surface area contributed by atoms with Crippen LogP contribution in [0.15, 0.2) is 54.7 Å². The van der Waals surface area contributed by atoms with E-state index >= 15 is 4.39 Å². The number of benzene rings is 3. The number of nitrogens with zero attached hydrogens (tertiary/aromatic N) is 4. The minimum absolute atomic E-state index is 0.0716. The maximum atomic E-state index is 15.8. The highest BCUT2D eigenvalue weighted by Gasteiger charge is 2.49. The number of carbonyl (C=O) groups excluding carboxylic acids is 4. The van der Waals surface area contributed by atoms with Gasteiger partial charge in [0.05, 0.1) is 49.7 Å². The fourth-order valence-electron chi connectivity index (χ4n) is 7.96. The van der Waals surface area contributed by atoms with Gasteiger partial charge in [0.2, 0.25) is 11.8 Å². The Morgan fingerprint density at radius 1 is 0.945 bits per heavy atom. The summed E-state index contributed by atoms with van der Waals surface area (Å²) in [5, 5.41) is 6.77. The average molecular weight is 753 g/mol. The molecule has 55 heavy (non-hydrogen) atoms. The number of imidazole rings is 2. The van der Waals surface area contributed by atoms with Crippen LogP contribution >= 0.6 is 0 Å². The highest BCUT2D eigenvalue weighted by atomic mass is 19.1. The number of rotatable bonds is 11. The molecule has 1 saturated carbocycles. The molecule has 3 heterocycles. The molecule has 2 fully saturated rings. The molecule has 4 amide bonds. The number of H-pyrrole nitrogens is 2. The first kappa shape index (κ1) is 37.3.